The van der Waals surface area contributed by atoms with Crippen LogP contribution in [0.1, 0.15) is 16.1 Å². The summed E-state index contributed by atoms with van der Waals surface area (Å²) >= 11 is 0. The van der Waals surface area contributed by atoms with Crippen molar-refractivity contribution in [1.82, 2.24) is 14.3 Å². The molecule has 0 aliphatic rings. The fourth-order valence-corrected chi connectivity index (χ4v) is 4.14. The van der Waals surface area contributed by atoms with Gasteiger partial charge in [-0.25, -0.2) is 13.8 Å². The third kappa shape index (κ3) is 3.86. The van der Waals surface area contributed by atoms with Gasteiger partial charge in [-0.3, -0.25) is 14.6 Å². The highest BCUT2D eigenvalue weighted by Gasteiger charge is 2.23. The molecular weight excluding hydrogens is 463 g/mol. The first kappa shape index (κ1) is 22.9. The van der Waals surface area contributed by atoms with E-state index in [0.717, 1.165) is 0 Å². The normalized spacial score (nSPS) is 11.0. The number of methoxy groups -OCH3 is 1. The molecule has 9 heteroatoms. The molecule has 2 aromatic heterocycles. The second kappa shape index (κ2) is 9.03. The third-order valence-corrected chi connectivity index (χ3v) is 5.82. The molecule has 36 heavy (non-hydrogen) atoms. The van der Waals surface area contributed by atoms with Gasteiger partial charge in [-0.05, 0) is 49.4 Å². The number of carbonyl (C=O) groups excluding carboxylic acids is 1. The minimum Gasteiger partial charge on any atom is -0.497 e. The van der Waals surface area contributed by atoms with Crippen molar-refractivity contribution in [2.24, 2.45) is 5.73 Å². The maximum absolute atomic E-state index is 15.3. The van der Waals surface area contributed by atoms with Gasteiger partial charge in [0.05, 0.1) is 29.7 Å². The van der Waals surface area contributed by atoms with Crippen molar-refractivity contribution in [3.8, 4) is 28.6 Å². The molecule has 0 saturated carbocycles. The molecule has 0 atom stereocenters. The van der Waals surface area contributed by atoms with Crippen molar-refractivity contribution in [3.63, 3.8) is 0 Å². The lowest BCUT2D eigenvalue weighted by atomic mass is 10.2. The molecule has 0 fully saturated rings. The number of rotatable bonds is 6. The molecule has 0 aliphatic carbocycles. The highest BCUT2D eigenvalue weighted by molar-refractivity contribution is 5.94. The topological polar surface area (TPSA) is 101 Å². The Kier molecular flexibility index (Phi) is 5.73. The minimum atomic E-state index is -0.859. The summed E-state index contributed by atoms with van der Waals surface area (Å²) in [5.74, 6) is -0.474. The molecule has 2 N–H and O–H groups in total. The van der Waals surface area contributed by atoms with E-state index in [0.29, 0.717) is 39.5 Å². The second-order valence-corrected chi connectivity index (χ2v) is 8.00. The number of nitrogens with two attached hydrogens (primary N) is 1. The number of fused-ring (bicyclic) bond motifs is 1. The molecule has 0 spiro atoms. The van der Waals surface area contributed by atoms with Gasteiger partial charge in [0.15, 0.2) is 11.6 Å². The Morgan fingerprint density at radius 3 is 2.42 bits per heavy atom. The summed E-state index contributed by atoms with van der Waals surface area (Å²) in [5.41, 5.74) is 6.46. The van der Waals surface area contributed by atoms with Gasteiger partial charge >= 0.3 is 0 Å². The van der Waals surface area contributed by atoms with Crippen molar-refractivity contribution in [3.05, 3.63) is 106 Å². The van der Waals surface area contributed by atoms with E-state index in [9.17, 15) is 9.59 Å². The van der Waals surface area contributed by atoms with E-state index in [1.807, 2.05) is 0 Å². The summed E-state index contributed by atoms with van der Waals surface area (Å²) in [6.45, 7) is 1.58. The summed E-state index contributed by atoms with van der Waals surface area (Å²) in [5, 5.41) is 0.687. The maximum Gasteiger partial charge on any atom is 0.284 e. The number of aromatic nitrogens is 3. The van der Waals surface area contributed by atoms with Crippen molar-refractivity contribution in [2.75, 3.05) is 7.11 Å². The standard InChI is InChI=1S/C27H21FN4O4/c1-16-25(26(29)33)27(34)32(17-6-4-3-5-7-17)31(16)18-8-11-24(21(28)14-18)36-23-12-13-30-22-15-19(35-2)9-10-20(22)23/h3-15H,1-2H3,(H2,29,33). The summed E-state index contributed by atoms with van der Waals surface area (Å²) in [6, 6.07) is 20.0. The van der Waals surface area contributed by atoms with Gasteiger partial charge in [0, 0.05) is 23.7 Å². The van der Waals surface area contributed by atoms with Gasteiger partial charge in [-0.2, -0.15) is 0 Å². The number of halogens is 1. The molecule has 3 aromatic carbocycles. The zero-order chi connectivity index (χ0) is 25.4. The second-order valence-electron chi connectivity index (χ2n) is 8.00. The predicted octanol–water partition coefficient (Wildman–Crippen LogP) is 4.52. The zero-order valence-electron chi connectivity index (χ0n) is 19.4. The van der Waals surface area contributed by atoms with Crippen LogP contribution >= 0.6 is 0 Å². The number of benzene rings is 3. The quantitative estimate of drug-likeness (QED) is 0.382. The fraction of sp³-hybridized carbons (Fsp3) is 0.0741. The molecule has 0 saturated heterocycles. The molecule has 5 rings (SSSR count). The van der Waals surface area contributed by atoms with E-state index >= 15 is 4.39 Å². The van der Waals surface area contributed by atoms with Crippen LogP contribution < -0.4 is 20.8 Å². The third-order valence-electron chi connectivity index (χ3n) is 5.82. The number of amides is 1. The molecule has 2 heterocycles. The SMILES string of the molecule is COc1ccc2c(Oc3ccc(-n4c(C)c(C(N)=O)c(=O)n4-c4ccccc4)cc3F)ccnc2c1. The smallest absolute Gasteiger partial charge is 0.284 e. The molecule has 0 bridgehead atoms. The number of pyridine rings is 1. The highest BCUT2D eigenvalue weighted by atomic mass is 19.1. The number of hydrogen-bond acceptors (Lipinski definition) is 5. The molecule has 0 radical (unpaired) electrons. The Labute approximate surface area is 204 Å². The van der Waals surface area contributed by atoms with E-state index < -0.39 is 17.3 Å². The van der Waals surface area contributed by atoms with Crippen LogP contribution in [0.2, 0.25) is 0 Å². The first-order chi connectivity index (χ1) is 17.4. The average molecular weight is 484 g/mol. The zero-order valence-corrected chi connectivity index (χ0v) is 19.4. The molecule has 5 aromatic rings. The van der Waals surface area contributed by atoms with E-state index in [1.54, 1.807) is 80.9 Å². The number of ether oxygens (including phenoxy) is 2. The first-order valence-electron chi connectivity index (χ1n) is 11.0. The van der Waals surface area contributed by atoms with E-state index in [1.165, 1.54) is 21.5 Å². The lowest BCUT2D eigenvalue weighted by Gasteiger charge is -2.15. The van der Waals surface area contributed by atoms with Crippen LogP contribution in [0.3, 0.4) is 0 Å². The fourth-order valence-electron chi connectivity index (χ4n) is 4.14. The van der Waals surface area contributed by atoms with Gasteiger partial charge in [0.1, 0.15) is 17.1 Å². The van der Waals surface area contributed by atoms with Crippen LogP contribution in [-0.2, 0) is 0 Å². The lowest BCUT2D eigenvalue weighted by molar-refractivity contribution is 0.0998. The van der Waals surface area contributed by atoms with Crippen LogP contribution in [0.25, 0.3) is 22.3 Å². The van der Waals surface area contributed by atoms with E-state index in [4.69, 9.17) is 15.2 Å². The van der Waals surface area contributed by atoms with Crippen molar-refractivity contribution in [2.45, 2.75) is 6.92 Å². The predicted molar refractivity (Wildman–Crippen MR) is 133 cm³/mol. The number of carbonyl (C=O) groups is 1. The first-order valence-corrected chi connectivity index (χ1v) is 11.0. The summed E-state index contributed by atoms with van der Waals surface area (Å²) in [4.78, 5) is 29.4. The van der Waals surface area contributed by atoms with Crippen molar-refractivity contribution >= 4 is 16.8 Å². The number of para-hydroxylation sites is 1. The Balaban J connectivity index is 1.59. The van der Waals surface area contributed by atoms with Crippen LogP contribution in [-0.4, -0.2) is 27.4 Å². The number of primary amides is 1. The van der Waals surface area contributed by atoms with E-state index in [2.05, 4.69) is 4.98 Å². The van der Waals surface area contributed by atoms with Crippen LogP contribution in [0.5, 0.6) is 17.2 Å². The Morgan fingerprint density at radius 2 is 1.72 bits per heavy atom. The molecule has 0 unspecified atom stereocenters. The molecule has 0 aliphatic heterocycles. The molecular formula is C27H21FN4O4. The average Bonchev–Trinajstić information content (AvgIpc) is 3.15. The van der Waals surface area contributed by atoms with Crippen LogP contribution in [0.4, 0.5) is 4.39 Å². The Bertz CT molecular complexity index is 1680. The molecule has 180 valence electrons. The highest BCUT2D eigenvalue weighted by Crippen LogP contribution is 2.33. The summed E-state index contributed by atoms with van der Waals surface area (Å²) in [7, 11) is 1.56. The van der Waals surface area contributed by atoms with Gasteiger partial charge in [0.2, 0.25) is 0 Å². The maximum atomic E-state index is 15.3. The number of nitrogens with zero attached hydrogens (tertiary/aromatic N) is 3. The van der Waals surface area contributed by atoms with Gasteiger partial charge in [-0.1, -0.05) is 18.2 Å². The molecule has 1 amide bonds. The number of hydrogen-bond donors (Lipinski definition) is 1. The summed E-state index contributed by atoms with van der Waals surface area (Å²) < 4.78 is 29.2. The monoisotopic (exact) mass is 484 g/mol. The van der Waals surface area contributed by atoms with Gasteiger partial charge < -0.3 is 15.2 Å². The Morgan fingerprint density at radius 1 is 0.944 bits per heavy atom. The molecule has 8 nitrogen and oxygen atoms in total. The largest absolute Gasteiger partial charge is 0.497 e. The minimum absolute atomic E-state index is 0.0180. The van der Waals surface area contributed by atoms with Gasteiger partial charge in [0.25, 0.3) is 11.5 Å². The van der Waals surface area contributed by atoms with Gasteiger partial charge in [-0.15, -0.1) is 0 Å². The van der Waals surface area contributed by atoms with Crippen molar-refractivity contribution in [1.29, 1.82) is 0 Å². The summed E-state index contributed by atoms with van der Waals surface area (Å²) in [6.07, 6.45) is 1.57. The lowest BCUT2D eigenvalue weighted by Crippen LogP contribution is -2.25. The van der Waals surface area contributed by atoms with Crippen molar-refractivity contribution < 1.29 is 18.7 Å². The Hall–Kier alpha value is -4.92. The van der Waals surface area contributed by atoms with Crippen LogP contribution in [0.15, 0.2) is 83.8 Å². The van der Waals surface area contributed by atoms with Crippen LogP contribution in [0, 0.1) is 12.7 Å². The van der Waals surface area contributed by atoms with E-state index in [-0.39, 0.29) is 11.3 Å².